The fourth-order valence-corrected chi connectivity index (χ4v) is 9.31. The number of nitro benzene ring substituents is 1. The quantitative estimate of drug-likeness (QED) is 0.111. The number of aliphatic hydroxyl groups excluding tert-OH is 1. The molecule has 2 aromatic carbocycles. The van der Waals surface area contributed by atoms with Crippen molar-refractivity contribution in [3.63, 3.8) is 0 Å². The predicted octanol–water partition coefficient (Wildman–Crippen LogP) is 3.49. The maximum atomic E-state index is 14.4. The number of unbranched alkanes of at least 4 members (excludes halogenated alkanes) is 1. The lowest BCUT2D eigenvalue weighted by Crippen LogP contribution is -2.46. The second-order valence-corrected chi connectivity index (χ2v) is 16.0. The molecule has 44 heavy (non-hydrogen) atoms. The molecule has 0 saturated carbocycles. The second kappa shape index (κ2) is 13.5. The molecule has 0 aliphatic carbocycles. The third-order valence-electron chi connectivity index (χ3n) is 8.73. The number of esters is 1. The molecular weight excluding hydrogens is 586 g/mol. The molecule has 1 fully saturated rings. The first-order valence-corrected chi connectivity index (χ1v) is 17.9. The highest BCUT2D eigenvalue weighted by atomic mass is 28.4. The van der Waals surface area contributed by atoms with Gasteiger partial charge in [0.25, 0.3) is 11.6 Å². The molecule has 2 aromatic rings. The number of benzene rings is 2. The Hall–Kier alpha value is -3.65. The zero-order valence-corrected chi connectivity index (χ0v) is 26.6. The van der Waals surface area contributed by atoms with Crippen molar-refractivity contribution in [2.45, 2.75) is 69.5 Å². The molecule has 238 valence electrons. The molecule has 0 aromatic heterocycles. The molecule has 0 radical (unpaired) electrons. The van der Waals surface area contributed by atoms with Crippen molar-refractivity contribution in [3.05, 3.63) is 69.8 Å². The van der Waals surface area contributed by atoms with Gasteiger partial charge in [-0.25, -0.2) is 0 Å². The van der Waals surface area contributed by atoms with E-state index in [1.165, 1.54) is 35.1 Å². The van der Waals surface area contributed by atoms with E-state index >= 15 is 0 Å². The number of methoxy groups -OCH3 is 1. The molecule has 2 amide bonds. The summed E-state index contributed by atoms with van der Waals surface area (Å²) in [4.78, 5) is 65.5. The van der Waals surface area contributed by atoms with Crippen LogP contribution in [0.4, 0.5) is 11.4 Å². The van der Waals surface area contributed by atoms with Crippen LogP contribution in [-0.4, -0.2) is 78.7 Å². The van der Waals surface area contributed by atoms with E-state index in [2.05, 4.69) is 0 Å². The molecule has 0 unspecified atom stereocenters. The van der Waals surface area contributed by atoms with Gasteiger partial charge in [-0.1, -0.05) is 37.3 Å². The molecule has 1 spiro atoms. The highest BCUT2D eigenvalue weighted by molar-refractivity contribution is 6.71. The van der Waals surface area contributed by atoms with E-state index in [1.807, 2.05) is 30.3 Å². The van der Waals surface area contributed by atoms with Gasteiger partial charge in [-0.2, -0.15) is 0 Å². The molecule has 1 saturated heterocycles. The van der Waals surface area contributed by atoms with Crippen molar-refractivity contribution in [1.29, 1.82) is 0 Å². The maximum Gasteiger partial charge on any atom is 0.305 e. The lowest BCUT2D eigenvalue weighted by molar-refractivity contribution is -0.385. The first kappa shape index (κ1) is 33.2. The Labute approximate surface area is 257 Å². The molecule has 2 aliphatic heterocycles. The Kier molecular flexibility index (Phi) is 10.2. The predicted molar refractivity (Wildman–Crippen MR) is 164 cm³/mol. The highest BCUT2D eigenvalue weighted by Crippen LogP contribution is 2.60. The Morgan fingerprint density at radius 3 is 2.50 bits per heavy atom. The third kappa shape index (κ3) is 6.55. The molecule has 2 heterocycles. The van der Waals surface area contributed by atoms with Gasteiger partial charge in [-0.05, 0) is 37.6 Å². The highest BCUT2D eigenvalue weighted by Gasteiger charge is 2.66. The van der Waals surface area contributed by atoms with Crippen molar-refractivity contribution >= 4 is 37.5 Å². The Morgan fingerprint density at radius 1 is 1.18 bits per heavy atom. The number of fused-ring (bicyclic) bond motifs is 2. The monoisotopic (exact) mass is 627 g/mol. The average molecular weight is 628 g/mol. The van der Waals surface area contributed by atoms with Gasteiger partial charge < -0.3 is 29.2 Å². The second-order valence-electron chi connectivity index (χ2n) is 12.0. The number of carbonyl (C=O) groups excluding carboxylic acids is 3. The van der Waals surface area contributed by atoms with E-state index in [0.717, 1.165) is 5.56 Å². The number of anilines is 1. The molecule has 2 N–H and O–H groups in total. The van der Waals surface area contributed by atoms with Crippen LogP contribution < -0.4 is 4.90 Å². The minimum absolute atomic E-state index is 0.0963. The number of rotatable bonds is 13. The van der Waals surface area contributed by atoms with Crippen molar-refractivity contribution in [2.24, 2.45) is 5.92 Å². The number of amides is 2. The van der Waals surface area contributed by atoms with Gasteiger partial charge in [0, 0.05) is 55.2 Å². The Balaban J connectivity index is 1.69. The molecule has 2 aliphatic rings. The van der Waals surface area contributed by atoms with Crippen LogP contribution in [0.5, 0.6) is 0 Å². The number of non-ortho nitro benzene ring substituents is 1. The summed E-state index contributed by atoms with van der Waals surface area (Å²) >= 11 is 0. The van der Waals surface area contributed by atoms with Crippen molar-refractivity contribution in [2.75, 3.05) is 31.7 Å². The van der Waals surface area contributed by atoms with Gasteiger partial charge in [-0.15, -0.1) is 0 Å². The van der Waals surface area contributed by atoms with Gasteiger partial charge in [0.2, 0.25) is 5.91 Å². The van der Waals surface area contributed by atoms with Gasteiger partial charge in [0.15, 0.2) is 13.9 Å². The summed E-state index contributed by atoms with van der Waals surface area (Å²) in [5.41, 5.74) is -0.711. The molecule has 0 bridgehead atoms. The molecule has 13 heteroatoms. The summed E-state index contributed by atoms with van der Waals surface area (Å²) in [5, 5.41) is 21.5. The molecule has 4 rings (SSSR count). The smallest absolute Gasteiger partial charge is 0.305 e. The number of carbonyl (C=O) groups is 3. The fraction of sp³-hybridized carbons (Fsp3) is 0.516. The number of nitro groups is 1. The van der Waals surface area contributed by atoms with Gasteiger partial charge in [-0.3, -0.25) is 24.5 Å². The van der Waals surface area contributed by atoms with Crippen LogP contribution >= 0.6 is 0 Å². The first-order chi connectivity index (χ1) is 20.8. The summed E-state index contributed by atoms with van der Waals surface area (Å²) in [6, 6.07) is 13.6. The average Bonchev–Trinajstić information content (AvgIpc) is 3.41. The fourth-order valence-electron chi connectivity index (χ4n) is 6.76. The minimum atomic E-state index is -3.10. The van der Waals surface area contributed by atoms with Crippen LogP contribution in [0, 0.1) is 16.0 Å². The van der Waals surface area contributed by atoms with E-state index < -0.39 is 42.3 Å². The largest absolute Gasteiger partial charge is 0.469 e. The number of ether oxygens (including phenoxy) is 2. The molecular formula is C31H41N3O9Si. The summed E-state index contributed by atoms with van der Waals surface area (Å²) in [6.07, 6.45) is 0.144. The normalized spacial score (nSPS) is 22.7. The SMILES string of the molecule is COC(=O)CCCCN1C(=O)[C@]2(O[C@H](CC(=O)N(CCO)Cc3ccccc3)[C@@H]([Si](C)(C)O)[C@@H]2C)c2cc([N+](=O)[O-])ccc21. The van der Waals surface area contributed by atoms with Crippen molar-refractivity contribution in [3.8, 4) is 0 Å². The van der Waals surface area contributed by atoms with E-state index in [-0.39, 0.29) is 56.6 Å². The Morgan fingerprint density at radius 2 is 1.89 bits per heavy atom. The van der Waals surface area contributed by atoms with Crippen molar-refractivity contribution in [1.82, 2.24) is 4.90 Å². The van der Waals surface area contributed by atoms with Gasteiger partial charge in [0.1, 0.15) is 0 Å². The molecule has 4 atom stereocenters. The van der Waals surface area contributed by atoms with Gasteiger partial charge >= 0.3 is 5.97 Å². The van der Waals surface area contributed by atoms with Crippen LogP contribution in [0.2, 0.25) is 18.6 Å². The number of aliphatic hydroxyl groups is 1. The van der Waals surface area contributed by atoms with E-state index in [9.17, 15) is 34.4 Å². The Bertz CT molecular complexity index is 1380. The summed E-state index contributed by atoms with van der Waals surface area (Å²) in [6.45, 7) is 5.65. The molecule has 12 nitrogen and oxygen atoms in total. The minimum Gasteiger partial charge on any atom is -0.469 e. The first-order valence-electron chi connectivity index (χ1n) is 14.9. The third-order valence-corrected chi connectivity index (χ3v) is 11.2. The zero-order valence-electron chi connectivity index (χ0n) is 25.6. The standard InChI is InChI=1S/C31H41N3O9Si/c1-21-29(44(3,4)41)26(19-27(36)32(16-17-35)20-22-10-6-5-7-11-22)43-31(21)24-18-23(34(39)40)13-14-25(24)33(30(31)38)15-9-8-12-28(37)42-2/h5-7,10-11,13-14,18,21,26,29,35,41H,8-9,12,15-17,19-20H2,1-4H3/t21-,26+,29-,31+/m0/s1. The van der Waals surface area contributed by atoms with Crippen LogP contribution in [0.1, 0.15) is 43.7 Å². The number of nitrogens with zero attached hydrogens (tertiary/aromatic N) is 3. The zero-order chi connectivity index (χ0) is 32.2. The van der Waals surface area contributed by atoms with Crippen LogP contribution in [0.25, 0.3) is 0 Å². The van der Waals surface area contributed by atoms with Crippen LogP contribution in [-0.2, 0) is 36.0 Å². The maximum absolute atomic E-state index is 14.4. The number of hydrogen-bond acceptors (Lipinski definition) is 9. The lowest BCUT2D eigenvalue weighted by atomic mass is 9.82. The topological polar surface area (TPSA) is 160 Å². The summed E-state index contributed by atoms with van der Waals surface area (Å²) in [7, 11) is -1.78. The van der Waals surface area contributed by atoms with Crippen molar-refractivity contribution < 1.29 is 38.7 Å². The summed E-state index contributed by atoms with van der Waals surface area (Å²) in [5.74, 6) is -1.68. The van der Waals surface area contributed by atoms with Gasteiger partial charge in [0.05, 0.1) is 36.9 Å². The lowest BCUT2D eigenvalue weighted by Gasteiger charge is -2.32. The van der Waals surface area contributed by atoms with Crippen LogP contribution in [0.3, 0.4) is 0 Å². The number of hydrogen-bond donors (Lipinski definition) is 2. The van der Waals surface area contributed by atoms with E-state index in [4.69, 9.17) is 9.47 Å². The van der Waals surface area contributed by atoms with Crippen LogP contribution in [0.15, 0.2) is 48.5 Å². The summed E-state index contributed by atoms with van der Waals surface area (Å²) < 4.78 is 11.4. The van der Waals surface area contributed by atoms with E-state index in [0.29, 0.717) is 24.1 Å². The van der Waals surface area contributed by atoms with E-state index in [1.54, 1.807) is 20.0 Å².